The third-order valence-corrected chi connectivity index (χ3v) is 9.18. The van der Waals surface area contributed by atoms with E-state index >= 15 is 0 Å². The highest BCUT2D eigenvalue weighted by Crippen LogP contribution is 2.36. The van der Waals surface area contributed by atoms with Crippen LogP contribution in [0.4, 0.5) is 0 Å². The zero-order valence-electron chi connectivity index (χ0n) is 24.1. The monoisotopic (exact) mass is 588 g/mol. The Labute approximate surface area is 241 Å². The van der Waals surface area contributed by atoms with Gasteiger partial charge in [0.15, 0.2) is 6.29 Å². The zero-order valence-corrected chi connectivity index (χ0v) is 24.1. The summed E-state index contributed by atoms with van der Waals surface area (Å²) in [6, 6.07) is -2.70. The number of rotatable bonds is 12. The molecule has 2 aliphatic heterocycles. The smallest absolute Gasteiger partial charge is 0.185 e. The summed E-state index contributed by atoms with van der Waals surface area (Å²) in [5.74, 6) is 0.684. The lowest BCUT2D eigenvalue weighted by Gasteiger charge is -2.51. The lowest BCUT2D eigenvalue weighted by atomic mass is 9.72. The molecule has 0 radical (unpaired) electrons. The molecule has 0 spiro atoms. The molecular formula is C27H52N6O8. The van der Waals surface area contributed by atoms with Gasteiger partial charge in [0.2, 0.25) is 0 Å². The molecule has 0 aromatic heterocycles. The van der Waals surface area contributed by atoms with Gasteiger partial charge in [0.25, 0.3) is 0 Å². The van der Waals surface area contributed by atoms with E-state index < -0.39 is 72.4 Å². The Hall–Kier alpha value is -0.980. The second-order valence-corrected chi connectivity index (χ2v) is 12.6. The van der Waals surface area contributed by atoms with Crippen molar-refractivity contribution >= 4 is 0 Å². The van der Waals surface area contributed by atoms with Crippen LogP contribution in [-0.2, 0) is 14.2 Å². The highest BCUT2D eigenvalue weighted by atomic mass is 16.7. The van der Waals surface area contributed by atoms with Gasteiger partial charge in [0.1, 0.15) is 29.7 Å². The number of hydrogen-bond donors (Lipinski definition) is 11. The van der Waals surface area contributed by atoms with E-state index in [1.165, 1.54) is 0 Å². The Balaban J connectivity index is 1.48. The minimum Gasteiger partial charge on any atom is -0.492 e. The second-order valence-electron chi connectivity index (χ2n) is 12.6. The molecule has 1 saturated heterocycles. The lowest BCUT2D eigenvalue weighted by molar-refractivity contribution is -0.298. The number of aliphatic hydroxyl groups is 5. The number of likely N-dealkylation sites (N-methyl/N-ethyl adjacent to an activating group) is 1. The van der Waals surface area contributed by atoms with Gasteiger partial charge < -0.3 is 72.9 Å². The quantitative estimate of drug-likeness (QED) is 0.104. The van der Waals surface area contributed by atoms with Crippen LogP contribution >= 0.6 is 0 Å². The average Bonchev–Trinajstić information content (AvgIpc) is 2.91. The zero-order chi connectivity index (χ0) is 29.9. The van der Waals surface area contributed by atoms with E-state index in [0.717, 1.165) is 25.1 Å². The molecule has 1 unspecified atom stereocenters. The van der Waals surface area contributed by atoms with E-state index in [1.54, 1.807) is 14.0 Å². The molecule has 14 heteroatoms. The van der Waals surface area contributed by atoms with Gasteiger partial charge in [-0.2, -0.15) is 0 Å². The van der Waals surface area contributed by atoms with E-state index in [2.05, 4.69) is 16.0 Å². The highest BCUT2D eigenvalue weighted by molar-refractivity contribution is 5.11. The van der Waals surface area contributed by atoms with Crippen molar-refractivity contribution in [2.45, 2.75) is 105 Å². The molecular weight excluding hydrogens is 536 g/mol. The summed E-state index contributed by atoms with van der Waals surface area (Å²) in [4.78, 5) is 0. The van der Waals surface area contributed by atoms with Crippen molar-refractivity contribution in [3.63, 3.8) is 0 Å². The Kier molecular flexibility index (Phi) is 11.4. The van der Waals surface area contributed by atoms with Crippen molar-refractivity contribution in [2.24, 2.45) is 29.0 Å². The summed E-state index contributed by atoms with van der Waals surface area (Å²) in [6.45, 7) is 2.14. The largest absolute Gasteiger partial charge is 0.492 e. The molecule has 0 aromatic carbocycles. The summed E-state index contributed by atoms with van der Waals surface area (Å²) >= 11 is 0. The van der Waals surface area contributed by atoms with Gasteiger partial charge in [-0.3, -0.25) is 0 Å². The van der Waals surface area contributed by atoms with E-state index in [-0.39, 0.29) is 19.8 Å². The summed E-state index contributed by atoms with van der Waals surface area (Å²) in [7, 11) is 1.62. The number of ether oxygens (including phenoxy) is 3. The van der Waals surface area contributed by atoms with Crippen molar-refractivity contribution in [3.05, 3.63) is 11.8 Å². The number of aliphatic hydroxyl groups excluding tert-OH is 4. The normalized spacial score (nSPS) is 45.2. The Morgan fingerprint density at radius 3 is 2.44 bits per heavy atom. The number of nitrogens with one attached hydrogen (secondary N) is 3. The summed E-state index contributed by atoms with van der Waals surface area (Å²) in [5, 5.41) is 62.3. The molecule has 14 N–H and O–H groups in total. The van der Waals surface area contributed by atoms with Crippen molar-refractivity contribution in [1.82, 2.24) is 16.0 Å². The van der Waals surface area contributed by atoms with Crippen LogP contribution in [0.2, 0.25) is 0 Å². The maximum atomic E-state index is 11.8. The molecule has 2 heterocycles. The first-order chi connectivity index (χ1) is 19.5. The topological polar surface area (TPSA) is 243 Å². The van der Waals surface area contributed by atoms with Crippen LogP contribution in [0.25, 0.3) is 0 Å². The third kappa shape index (κ3) is 7.58. The van der Waals surface area contributed by atoms with Crippen molar-refractivity contribution in [3.8, 4) is 0 Å². The molecule has 0 bridgehead atoms. The van der Waals surface area contributed by atoms with Gasteiger partial charge in [0, 0.05) is 30.1 Å². The van der Waals surface area contributed by atoms with Crippen LogP contribution in [0.1, 0.15) is 32.6 Å². The molecule has 11 atom stereocenters. The van der Waals surface area contributed by atoms with Crippen LogP contribution in [0.15, 0.2) is 11.8 Å². The Morgan fingerprint density at radius 1 is 1.10 bits per heavy atom. The molecule has 2 aliphatic carbocycles. The predicted molar refractivity (Wildman–Crippen MR) is 150 cm³/mol. The highest BCUT2D eigenvalue weighted by Gasteiger charge is 2.53. The van der Waals surface area contributed by atoms with Crippen LogP contribution in [-0.4, -0.2) is 138 Å². The summed E-state index contributed by atoms with van der Waals surface area (Å²) in [5.41, 5.74) is 17.7. The third-order valence-electron chi connectivity index (χ3n) is 9.18. The van der Waals surface area contributed by atoms with Crippen molar-refractivity contribution < 1.29 is 39.7 Å². The molecule has 3 fully saturated rings. The van der Waals surface area contributed by atoms with E-state index in [1.807, 2.05) is 6.08 Å². The molecule has 0 aromatic rings. The average molecular weight is 589 g/mol. The molecule has 2 saturated carbocycles. The van der Waals surface area contributed by atoms with Gasteiger partial charge in [-0.15, -0.1) is 0 Å². The van der Waals surface area contributed by atoms with Gasteiger partial charge in [-0.05, 0) is 58.2 Å². The van der Waals surface area contributed by atoms with Crippen molar-refractivity contribution in [1.29, 1.82) is 0 Å². The predicted octanol–water partition coefficient (Wildman–Crippen LogP) is -4.23. The lowest BCUT2D eigenvalue weighted by Crippen LogP contribution is -2.69. The van der Waals surface area contributed by atoms with E-state index in [0.29, 0.717) is 31.3 Å². The molecule has 4 rings (SSSR count). The fraction of sp³-hybridized carbons (Fsp3) is 0.926. The summed E-state index contributed by atoms with van der Waals surface area (Å²) in [6.07, 6.45) is -0.330. The standard InChI is InChI=1S/C27H52N6O8/c1-27(38)12-39-26(22(37)25(27)31-2)41-24-19(33-15(10-34)11-35)7-18(30)20(21(24)36)23-17(29)4-3-16(40-23)9-32-8-13-5-14(28)6-13/h3,13-15,17-26,31-38H,4-12,28-30H2,1-2H3/t13?,14?,17-,18+,19-,20?,21+,22-,23+,24+,25-,26-,27+/m1/s1. The molecule has 14 nitrogen and oxygen atoms in total. The fourth-order valence-corrected chi connectivity index (χ4v) is 6.80. The van der Waals surface area contributed by atoms with Gasteiger partial charge in [0.05, 0.1) is 44.6 Å². The first-order valence-corrected chi connectivity index (χ1v) is 14.8. The van der Waals surface area contributed by atoms with Gasteiger partial charge in [-0.25, -0.2) is 0 Å². The molecule has 4 aliphatic rings. The maximum Gasteiger partial charge on any atom is 0.185 e. The van der Waals surface area contributed by atoms with Crippen LogP contribution in [0.5, 0.6) is 0 Å². The molecule has 238 valence electrons. The van der Waals surface area contributed by atoms with Gasteiger partial charge in [-0.1, -0.05) is 0 Å². The number of nitrogens with two attached hydrogens (primary N) is 3. The van der Waals surface area contributed by atoms with Crippen LogP contribution in [0.3, 0.4) is 0 Å². The second kappa shape index (κ2) is 14.2. The maximum absolute atomic E-state index is 11.8. The van der Waals surface area contributed by atoms with Crippen molar-refractivity contribution in [2.75, 3.05) is 40.0 Å². The first kappa shape index (κ1) is 32.9. The molecule has 0 amide bonds. The SMILES string of the molecule is CN[C@@H]1[C@@H](O)[C@@H](O[C@H]2[C@H](NC(CO)CO)C[C@H](N)C([C@H]3OC(CNCC4CC(N)C4)=CC[C@H]3N)[C@@H]2O)OC[C@]1(C)O. The number of hydrogen-bond acceptors (Lipinski definition) is 14. The van der Waals surface area contributed by atoms with Crippen LogP contribution in [0, 0.1) is 11.8 Å². The van der Waals surface area contributed by atoms with Crippen LogP contribution < -0.4 is 33.2 Å². The fourth-order valence-electron chi connectivity index (χ4n) is 6.80. The molecule has 41 heavy (non-hydrogen) atoms. The van der Waals surface area contributed by atoms with E-state index in [9.17, 15) is 25.5 Å². The van der Waals surface area contributed by atoms with E-state index in [4.69, 9.17) is 31.4 Å². The minimum atomic E-state index is -1.34. The minimum absolute atomic E-state index is 0.107. The first-order valence-electron chi connectivity index (χ1n) is 14.8. The Morgan fingerprint density at radius 2 is 1.80 bits per heavy atom. The van der Waals surface area contributed by atoms with Gasteiger partial charge >= 0.3 is 0 Å². The Bertz CT molecular complexity index is 860. The summed E-state index contributed by atoms with van der Waals surface area (Å²) < 4.78 is 18.3.